The lowest BCUT2D eigenvalue weighted by Gasteiger charge is -2.24. The lowest BCUT2D eigenvalue weighted by atomic mass is 10.0. The minimum Gasteiger partial charge on any atom is -0.344 e. The highest BCUT2D eigenvalue weighted by Gasteiger charge is 2.30. The van der Waals surface area contributed by atoms with E-state index in [1.165, 1.54) is 360 Å². The molecule has 0 rings (SSSR count). The van der Waals surface area contributed by atoms with Crippen LogP contribution < -0.4 is 49.1 Å². The van der Waals surface area contributed by atoms with Gasteiger partial charge in [0.25, 0.3) is 11.8 Å². The summed E-state index contributed by atoms with van der Waals surface area (Å²) in [5.74, 6) is -4.27. The molecule has 0 fully saturated rings. The van der Waals surface area contributed by atoms with Crippen molar-refractivity contribution in [3.63, 3.8) is 0 Å². The largest absolute Gasteiger partial charge is 0.344 e. The molecule has 0 saturated carbocycles. The van der Waals surface area contributed by atoms with Crippen LogP contribution in [0.4, 0.5) is 0 Å². The van der Waals surface area contributed by atoms with Crippen LogP contribution in [-0.4, -0.2) is 96.9 Å². The maximum atomic E-state index is 14.6. The maximum absolute atomic E-state index is 14.6. The Bertz CT molecular complexity index is 2790. The van der Waals surface area contributed by atoms with Gasteiger partial charge in [0.05, 0.1) is 6.04 Å². The van der Waals surface area contributed by atoms with Crippen LogP contribution in [0.5, 0.6) is 0 Å². The normalized spacial score (nSPS) is 12.9. The van der Waals surface area contributed by atoms with Crippen LogP contribution in [-0.2, 0) is 33.6 Å². The number of nitrogens with one attached hydrogen (secondary N) is 7. The van der Waals surface area contributed by atoms with Gasteiger partial charge in [0.2, 0.25) is 29.5 Å². The highest BCUT2D eigenvalue weighted by Crippen LogP contribution is 2.20. The first-order chi connectivity index (χ1) is 63.4. The summed E-state index contributed by atoms with van der Waals surface area (Å²) in [6.45, 7) is 9.47. The van der Waals surface area contributed by atoms with Gasteiger partial charge in [0, 0.05) is 44.1 Å². The predicted molar refractivity (Wildman–Crippen MR) is 553 cm³/mol. The fourth-order valence-corrected chi connectivity index (χ4v) is 16.1. The molecule has 0 aliphatic rings. The summed E-state index contributed by atoms with van der Waals surface area (Å²) in [5, 5.41) is 25.2. The van der Waals surface area contributed by atoms with Crippen LogP contribution in [0.3, 0.4) is 0 Å². The standard InChI is InChI=1S/C109H203N13O7/c1-5-9-13-17-21-25-29-33-37-41-45-49-53-57-61-65-69-73-77-83-95-112-119-104(124)92-89-101(108(128)121-114-97-85-79-75-71-67-63-59-55-51-47-43-39-35-31-27-23-19-15-11-7-3)116-103(123)91-88-100(117-106(126)99(111)87-81-82-94-110)107(127)118-102(109(129)122-115-98-86-80-76-72-68-64-60-56-52-48-44-40-36-32-28-24-20-16-12-8-4)90-93-105(125)120-113-96-84-78-74-70-66-62-58-54-50-46-42-38-34-30-26-22-18-14-10-6-2/h33-40,95-102H,5-32,41-94,110-111H2,1-4H3,(H,116,123)(H,117,126)(H,118,127)(H,119,124)(H,120,125)(H,121,128)(H,122,129)/b37-33-,38-34-,39-35-,40-36-,112-95+,113-96+,114-97+,115-98+/t99-,100-,101-,102-/m0/s1. The first kappa shape index (κ1) is 123. The minimum atomic E-state index is -1.39. The number of nitrogens with two attached hydrogens (primary N) is 2. The van der Waals surface area contributed by atoms with Crippen molar-refractivity contribution in [3.8, 4) is 0 Å². The molecule has 11 N–H and O–H groups in total. The zero-order valence-electron chi connectivity index (χ0n) is 84.0. The number of carbonyl (C=O) groups is 7. The Morgan fingerprint density at radius 3 is 0.667 bits per heavy atom. The number of carbonyl (C=O) groups excluding carboxylic acids is 7. The summed E-state index contributed by atoms with van der Waals surface area (Å²) in [5.41, 5.74) is 22.5. The zero-order chi connectivity index (χ0) is 93.6. The van der Waals surface area contributed by atoms with Gasteiger partial charge in [-0.1, -0.05) is 391 Å². The SMILES string of the molecule is CCCCCCCC/C=C\CCCCCCCCCCC/C=N/NC(=O)CC[C@H](NC(=O)CC[C@H](NC(=O)[C@@H](N)CCCCN)C(=O)N[C@@H](CCC(=O)N/N=C/CCCCCCCCCCC/C=C\CCCCCCCC)C(=O)N/N=C/CCCCCCCCCCC/C=C\CCCCCCCC)C(=O)N/N=C/CCCCCCCCCCC/C=C\CCCCCCCC. The van der Waals surface area contributed by atoms with E-state index in [1.54, 1.807) is 24.9 Å². The number of allylic oxidation sites excluding steroid dienone is 8. The molecule has 0 unspecified atom stereocenters. The van der Waals surface area contributed by atoms with Crippen molar-refractivity contribution in [2.24, 2.45) is 31.9 Å². The molecule has 129 heavy (non-hydrogen) atoms. The molecule has 4 atom stereocenters. The number of hydrogen-bond donors (Lipinski definition) is 9. The summed E-state index contributed by atoms with van der Waals surface area (Å²) in [6, 6.07) is -4.92. The first-order valence-electron chi connectivity index (χ1n) is 54.6. The molecule has 0 radical (unpaired) electrons. The molecule has 0 spiro atoms. The topological polar surface area (TPSA) is 305 Å². The van der Waals surface area contributed by atoms with Crippen molar-refractivity contribution in [1.29, 1.82) is 0 Å². The molecule has 0 aromatic rings. The van der Waals surface area contributed by atoms with E-state index in [9.17, 15) is 33.6 Å². The molecular weight excluding hydrogens is 1600 g/mol. The van der Waals surface area contributed by atoms with E-state index < -0.39 is 65.5 Å². The van der Waals surface area contributed by atoms with Gasteiger partial charge in [0.1, 0.15) is 18.1 Å². The fourth-order valence-electron chi connectivity index (χ4n) is 16.1. The average molecular weight is 1810 g/mol. The van der Waals surface area contributed by atoms with Gasteiger partial charge in [0.15, 0.2) is 0 Å². The molecule has 746 valence electrons. The molecular formula is C109H203N13O7. The van der Waals surface area contributed by atoms with E-state index in [0.29, 0.717) is 38.6 Å². The molecule has 0 saturated heterocycles. The van der Waals surface area contributed by atoms with E-state index in [2.05, 4.69) is 134 Å². The Hall–Kier alpha value is -6.15. The van der Waals surface area contributed by atoms with Crippen molar-refractivity contribution in [3.05, 3.63) is 48.6 Å². The Balaban J connectivity index is 6.09. The fraction of sp³-hybridized carbons (Fsp3) is 0.826. The number of unbranched alkanes of at least 4 members (excludes halogenated alkanes) is 65. The third kappa shape index (κ3) is 92.1. The molecule has 0 aliphatic heterocycles. The van der Waals surface area contributed by atoms with Gasteiger partial charge >= 0.3 is 0 Å². The minimum absolute atomic E-state index is 0.0891. The summed E-state index contributed by atoms with van der Waals surface area (Å²) in [7, 11) is 0. The molecule has 7 amide bonds. The number of rotatable bonds is 100. The number of amides is 7. The average Bonchev–Trinajstić information content (AvgIpc) is 0.871. The number of hydrogen-bond acceptors (Lipinski definition) is 13. The first-order valence-corrected chi connectivity index (χ1v) is 54.6. The Kier molecular flexibility index (Phi) is 97.5. The Morgan fingerprint density at radius 1 is 0.217 bits per heavy atom. The highest BCUT2D eigenvalue weighted by atomic mass is 16.2. The molecule has 0 heterocycles. The number of hydrazone groups is 4. The van der Waals surface area contributed by atoms with Gasteiger partial charge in [-0.3, -0.25) is 33.6 Å². The van der Waals surface area contributed by atoms with Crippen molar-refractivity contribution >= 4 is 66.2 Å². The van der Waals surface area contributed by atoms with Crippen LogP contribution >= 0.6 is 0 Å². The molecule has 0 aromatic carbocycles. The van der Waals surface area contributed by atoms with Gasteiger partial charge in [-0.05, 0) is 193 Å². The summed E-state index contributed by atoms with van der Waals surface area (Å²) < 4.78 is 0. The highest BCUT2D eigenvalue weighted by molar-refractivity contribution is 5.94. The van der Waals surface area contributed by atoms with Crippen LogP contribution in [0.25, 0.3) is 0 Å². The zero-order valence-corrected chi connectivity index (χ0v) is 84.0. The van der Waals surface area contributed by atoms with Gasteiger partial charge in [-0.2, -0.15) is 20.4 Å². The van der Waals surface area contributed by atoms with Crippen LogP contribution in [0.2, 0.25) is 0 Å². The second-order valence-corrected chi connectivity index (χ2v) is 37.2. The summed E-state index contributed by atoms with van der Waals surface area (Å²) >= 11 is 0. The Morgan fingerprint density at radius 2 is 0.419 bits per heavy atom. The lowest BCUT2D eigenvalue weighted by molar-refractivity contribution is -0.133. The third-order valence-electron chi connectivity index (χ3n) is 24.7. The monoisotopic (exact) mass is 1810 g/mol. The second kappa shape index (κ2) is 102. The lowest BCUT2D eigenvalue weighted by Crippen LogP contribution is -2.56. The third-order valence-corrected chi connectivity index (χ3v) is 24.7. The van der Waals surface area contributed by atoms with Gasteiger partial charge < -0.3 is 27.4 Å². The summed E-state index contributed by atoms with van der Waals surface area (Å²) in [4.78, 5) is 97.4. The van der Waals surface area contributed by atoms with Crippen molar-refractivity contribution < 1.29 is 33.6 Å². The second-order valence-electron chi connectivity index (χ2n) is 37.2. The molecule has 20 heteroatoms. The summed E-state index contributed by atoms with van der Waals surface area (Å²) in [6.07, 6.45) is 113. The van der Waals surface area contributed by atoms with Gasteiger partial charge in [-0.15, -0.1) is 0 Å². The molecule has 20 nitrogen and oxygen atoms in total. The maximum Gasteiger partial charge on any atom is 0.262 e. The van der Waals surface area contributed by atoms with Crippen molar-refractivity contribution in [2.75, 3.05) is 6.54 Å². The van der Waals surface area contributed by atoms with Crippen molar-refractivity contribution in [1.82, 2.24) is 37.7 Å². The van der Waals surface area contributed by atoms with Crippen molar-refractivity contribution in [2.45, 2.75) is 572 Å². The quantitative estimate of drug-likeness (QED) is 0.0121. The van der Waals surface area contributed by atoms with E-state index in [-0.39, 0.29) is 44.9 Å². The van der Waals surface area contributed by atoms with E-state index in [4.69, 9.17) is 11.5 Å². The van der Waals surface area contributed by atoms with Crippen LogP contribution in [0.15, 0.2) is 69.0 Å². The van der Waals surface area contributed by atoms with E-state index >= 15 is 0 Å². The van der Waals surface area contributed by atoms with E-state index in [0.717, 1.165) is 83.5 Å². The van der Waals surface area contributed by atoms with E-state index in [1.807, 2.05) is 0 Å². The van der Waals surface area contributed by atoms with Gasteiger partial charge in [-0.25, -0.2) is 21.7 Å². The number of nitrogens with zero attached hydrogens (tertiary/aromatic N) is 4. The molecule has 0 aromatic heterocycles. The predicted octanol–water partition coefficient (Wildman–Crippen LogP) is 28.0. The molecule has 0 bridgehead atoms. The Labute approximate surface area is 792 Å². The van der Waals surface area contributed by atoms with Crippen LogP contribution in [0.1, 0.15) is 548 Å². The molecule has 0 aliphatic carbocycles. The van der Waals surface area contributed by atoms with Crippen LogP contribution in [0, 0.1) is 0 Å². The smallest absolute Gasteiger partial charge is 0.262 e.